The number of hydrogen-bond donors (Lipinski definition) is 2. The predicted molar refractivity (Wildman–Crippen MR) is 77.0 cm³/mol. The molecule has 0 aromatic heterocycles. The first kappa shape index (κ1) is 15.3. The number of nitrogens with zero attached hydrogens (tertiary/aromatic N) is 1. The summed E-state index contributed by atoms with van der Waals surface area (Å²) in [7, 11) is 0. The van der Waals surface area contributed by atoms with Crippen LogP contribution in [0.1, 0.15) is 18.4 Å². The summed E-state index contributed by atoms with van der Waals surface area (Å²) in [4.78, 5) is 24.8. The fraction of sp³-hybridized carbons (Fsp3) is 0.467. The Morgan fingerprint density at radius 3 is 2.86 bits per heavy atom. The van der Waals surface area contributed by atoms with E-state index in [-0.39, 0.29) is 23.7 Å². The smallest absolute Gasteiger partial charge is 0.317 e. The molecule has 21 heavy (non-hydrogen) atoms. The molecule has 1 aliphatic heterocycles. The number of primary amides is 1. The molecule has 2 rings (SSSR count). The molecule has 0 spiro atoms. The summed E-state index contributed by atoms with van der Waals surface area (Å²) < 4.78 is 13.4. The quantitative estimate of drug-likeness (QED) is 0.877. The molecule has 3 N–H and O–H groups in total. The number of halogens is 1. The fourth-order valence-corrected chi connectivity index (χ4v) is 2.51. The number of piperidine rings is 1. The molecular formula is C15H20FN3O2. The van der Waals surface area contributed by atoms with Crippen molar-refractivity contribution in [3.05, 3.63) is 35.6 Å². The predicted octanol–water partition coefficient (Wildman–Crippen LogP) is 1.28. The van der Waals surface area contributed by atoms with Crippen molar-refractivity contribution in [1.82, 2.24) is 10.2 Å². The number of carbonyl (C=O) groups excluding carboxylic acids is 2. The number of urea groups is 1. The molecule has 0 aliphatic carbocycles. The first-order chi connectivity index (χ1) is 10.1. The van der Waals surface area contributed by atoms with Crippen LogP contribution < -0.4 is 11.1 Å². The molecule has 0 bridgehead atoms. The second kappa shape index (κ2) is 7.06. The van der Waals surface area contributed by atoms with Crippen molar-refractivity contribution < 1.29 is 14.0 Å². The summed E-state index contributed by atoms with van der Waals surface area (Å²) in [5, 5.41) is 2.76. The van der Waals surface area contributed by atoms with Gasteiger partial charge >= 0.3 is 6.03 Å². The third-order valence-corrected chi connectivity index (χ3v) is 3.74. The molecule has 1 aromatic carbocycles. The lowest BCUT2D eigenvalue weighted by Gasteiger charge is -2.31. The van der Waals surface area contributed by atoms with Crippen LogP contribution in [0.2, 0.25) is 0 Å². The van der Waals surface area contributed by atoms with Gasteiger partial charge in [-0.3, -0.25) is 4.79 Å². The van der Waals surface area contributed by atoms with Gasteiger partial charge in [0, 0.05) is 19.6 Å². The summed E-state index contributed by atoms with van der Waals surface area (Å²) in [6.45, 7) is 1.34. The summed E-state index contributed by atoms with van der Waals surface area (Å²) in [6.07, 6.45) is 1.94. The molecule has 114 valence electrons. The molecule has 5 nitrogen and oxygen atoms in total. The zero-order valence-corrected chi connectivity index (χ0v) is 11.8. The summed E-state index contributed by atoms with van der Waals surface area (Å²) in [5.74, 6) is -0.895. The summed E-state index contributed by atoms with van der Waals surface area (Å²) in [6, 6.07) is 6.28. The van der Waals surface area contributed by atoms with Gasteiger partial charge in [-0.15, -0.1) is 0 Å². The number of likely N-dealkylation sites (tertiary alicyclic amines) is 1. The van der Waals surface area contributed by atoms with E-state index >= 15 is 0 Å². The molecule has 1 aliphatic rings. The minimum absolute atomic E-state index is 0.225. The number of carbonyl (C=O) groups is 2. The highest BCUT2D eigenvalue weighted by Gasteiger charge is 2.26. The van der Waals surface area contributed by atoms with Crippen LogP contribution in [0.25, 0.3) is 0 Å². The van der Waals surface area contributed by atoms with Crippen molar-refractivity contribution >= 4 is 11.9 Å². The molecule has 1 atom stereocenters. The SMILES string of the molecule is NC(=O)[C@H]1CCCN(C(=O)NCCc2ccccc2F)C1. The highest BCUT2D eigenvalue weighted by molar-refractivity contribution is 5.79. The second-order valence-corrected chi connectivity index (χ2v) is 5.26. The third-order valence-electron chi connectivity index (χ3n) is 3.74. The van der Waals surface area contributed by atoms with Crippen molar-refractivity contribution in [1.29, 1.82) is 0 Å². The van der Waals surface area contributed by atoms with Gasteiger partial charge in [0.2, 0.25) is 5.91 Å². The topological polar surface area (TPSA) is 75.4 Å². The van der Waals surface area contributed by atoms with Crippen LogP contribution in [0.3, 0.4) is 0 Å². The molecule has 1 aromatic rings. The standard InChI is InChI=1S/C15H20FN3O2/c16-13-6-2-1-4-11(13)7-8-18-15(21)19-9-3-5-12(10-19)14(17)20/h1-2,4,6,12H,3,5,7-10H2,(H2,17,20)(H,18,21)/t12-/m0/s1. The highest BCUT2D eigenvalue weighted by atomic mass is 19.1. The number of hydrogen-bond acceptors (Lipinski definition) is 2. The molecule has 1 heterocycles. The molecule has 0 radical (unpaired) electrons. The number of nitrogens with two attached hydrogens (primary N) is 1. The van der Waals surface area contributed by atoms with E-state index in [0.29, 0.717) is 31.6 Å². The molecule has 6 heteroatoms. The van der Waals surface area contributed by atoms with Crippen molar-refractivity contribution in [2.45, 2.75) is 19.3 Å². The average Bonchev–Trinajstić information content (AvgIpc) is 2.49. The lowest BCUT2D eigenvalue weighted by Crippen LogP contribution is -2.48. The minimum atomic E-state index is -0.362. The molecule has 1 saturated heterocycles. The molecule has 0 saturated carbocycles. The number of rotatable bonds is 4. The molecule has 3 amide bonds. The maximum Gasteiger partial charge on any atom is 0.317 e. The normalized spacial score (nSPS) is 18.3. The van der Waals surface area contributed by atoms with E-state index in [4.69, 9.17) is 5.73 Å². The van der Waals surface area contributed by atoms with Crippen molar-refractivity contribution in [2.24, 2.45) is 11.7 Å². The van der Waals surface area contributed by atoms with E-state index < -0.39 is 0 Å². The van der Waals surface area contributed by atoms with Crippen molar-refractivity contribution in [3.63, 3.8) is 0 Å². The van der Waals surface area contributed by atoms with Gasteiger partial charge in [-0.25, -0.2) is 9.18 Å². The van der Waals surface area contributed by atoms with Crippen LogP contribution in [-0.4, -0.2) is 36.5 Å². The van der Waals surface area contributed by atoms with Gasteiger partial charge in [0.05, 0.1) is 5.92 Å². The van der Waals surface area contributed by atoms with E-state index in [2.05, 4.69) is 5.32 Å². The van der Waals surface area contributed by atoms with Gasteiger partial charge in [-0.05, 0) is 30.9 Å². The Morgan fingerprint density at radius 2 is 2.14 bits per heavy atom. The molecule has 1 fully saturated rings. The lowest BCUT2D eigenvalue weighted by atomic mass is 9.98. The average molecular weight is 293 g/mol. The Balaban J connectivity index is 1.79. The molecular weight excluding hydrogens is 273 g/mol. The Bertz CT molecular complexity index is 521. The molecule has 0 unspecified atom stereocenters. The monoisotopic (exact) mass is 293 g/mol. The number of nitrogens with one attached hydrogen (secondary N) is 1. The van der Waals surface area contributed by atoms with Gasteiger partial charge in [0.25, 0.3) is 0 Å². The second-order valence-electron chi connectivity index (χ2n) is 5.26. The minimum Gasteiger partial charge on any atom is -0.369 e. The van der Waals surface area contributed by atoms with Gasteiger partial charge in [0.15, 0.2) is 0 Å². The Morgan fingerprint density at radius 1 is 1.38 bits per heavy atom. The largest absolute Gasteiger partial charge is 0.369 e. The van der Waals surface area contributed by atoms with E-state index in [1.54, 1.807) is 23.1 Å². The highest BCUT2D eigenvalue weighted by Crippen LogP contribution is 2.15. The van der Waals surface area contributed by atoms with Crippen LogP contribution in [0.4, 0.5) is 9.18 Å². The first-order valence-electron chi connectivity index (χ1n) is 7.13. The maximum absolute atomic E-state index is 13.4. The fourth-order valence-electron chi connectivity index (χ4n) is 2.51. The van der Waals surface area contributed by atoms with Crippen LogP contribution in [0.15, 0.2) is 24.3 Å². The summed E-state index contributed by atoms with van der Waals surface area (Å²) in [5.41, 5.74) is 5.86. The van der Waals surface area contributed by atoms with E-state index in [9.17, 15) is 14.0 Å². The van der Waals surface area contributed by atoms with Crippen molar-refractivity contribution in [2.75, 3.05) is 19.6 Å². The Labute approximate surface area is 123 Å². The van der Waals surface area contributed by atoms with E-state index in [1.165, 1.54) is 6.07 Å². The Hall–Kier alpha value is -2.11. The van der Waals surface area contributed by atoms with E-state index in [1.807, 2.05) is 0 Å². The van der Waals surface area contributed by atoms with Crippen LogP contribution in [0, 0.1) is 11.7 Å². The zero-order valence-electron chi connectivity index (χ0n) is 11.8. The van der Waals surface area contributed by atoms with Gasteiger partial charge in [0.1, 0.15) is 5.82 Å². The van der Waals surface area contributed by atoms with Gasteiger partial charge in [-0.2, -0.15) is 0 Å². The van der Waals surface area contributed by atoms with Crippen LogP contribution >= 0.6 is 0 Å². The zero-order chi connectivity index (χ0) is 15.2. The van der Waals surface area contributed by atoms with Crippen LogP contribution in [-0.2, 0) is 11.2 Å². The van der Waals surface area contributed by atoms with E-state index in [0.717, 1.165) is 12.8 Å². The first-order valence-corrected chi connectivity index (χ1v) is 7.13. The Kier molecular flexibility index (Phi) is 5.14. The van der Waals surface area contributed by atoms with Crippen molar-refractivity contribution in [3.8, 4) is 0 Å². The van der Waals surface area contributed by atoms with Gasteiger partial charge < -0.3 is 16.0 Å². The number of amides is 3. The third kappa shape index (κ3) is 4.18. The van der Waals surface area contributed by atoms with Crippen LogP contribution in [0.5, 0.6) is 0 Å². The summed E-state index contributed by atoms with van der Waals surface area (Å²) >= 11 is 0. The maximum atomic E-state index is 13.4. The number of benzene rings is 1. The van der Waals surface area contributed by atoms with Gasteiger partial charge in [-0.1, -0.05) is 18.2 Å². The lowest BCUT2D eigenvalue weighted by molar-refractivity contribution is -0.123.